The number of hydrogen-bond donors (Lipinski definition) is 2. The number of benzene rings is 1. The molecule has 1 aliphatic rings. The van der Waals surface area contributed by atoms with E-state index in [0.717, 1.165) is 44.1 Å². The molecule has 5 heteroatoms. The van der Waals surface area contributed by atoms with Crippen LogP contribution in [0.25, 0.3) is 0 Å². The molecule has 0 spiro atoms. The molecular formula is C21H28N2O3. The molecule has 0 bridgehead atoms. The standard InChI is InChI=1S/C21H28N2O3/c1-2-22-21(26)19(24)18-15-9-7-5-3-4-6-8-12-16-13-10-11-14-17(16)20(25)23-18/h7,9-11,13-14,18H,2-6,8,12,15H2,1H3,(H,22,26)(H,23,25)/b9-7+/t18-/m0/s1. The van der Waals surface area contributed by atoms with Crippen LogP contribution in [0.1, 0.15) is 61.4 Å². The molecule has 26 heavy (non-hydrogen) atoms. The van der Waals surface area contributed by atoms with Crippen molar-refractivity contribution in [2.24, 2.45) is 0 Å². The van der Waals surface area contributed by atoms with Gasteiger partial charge in [0.1, 0.15) is 6.04 Å². The molecule has 5 nitrogen and oxygen atoms in total. The topological polar surface area (TPSA) is 75.3 Å². The molecule has 1 aromatic carbocycles. The predicted molar refractivity (Wildman–Crippen MR) is 102 cm³/mol. The van der Waals surface area contributed by atoms with E-state index in [1.54, 1.807) is 13.0 Å². The first-order chi connectivity index (χ1) is 12.6. The van der Waals surface area contributed by atoms with Crippen molar-refractivity contribution in [1.82, 2.24) is 10.6 Å². The van der Waals surface area contributed by atoms with E-state index in [9.17, 15) is 14.4 Å². The highest BCUT2D eigenvalue weighted by Gasteiger charge is 2.26. The molecular weight excluding hydrogens is 328 g/mol. The largest absolute Gasteiger partial charge is 0.350 e. The Hall–Kier alpha value is -2.43. The maximum Gasteiger partial charge on any atom is 0.289 e. The molecule has 0 aliphatic carbocycles. The predicted octanol–water partition coefficient (Wildman–Crippen LogP) is 2.94. The number of ketones is 1. The Kier molecular flexibility index (Phi) is 8.06. The molecule has 0 saturated heterocycles. The van der Waals surface area contributed by atoms with Gasteiger partial charge in [-0.2, -0.15) is 0 Å². The van der Waals surface area contributed by atoms with Crippen LogP contribution in [-0.4, -0.2) is 30.2 Å². The van der Waals surface area contributed by atoms with Crippen LogP contribution >= 0.6 is 0 Å². The minimum absolute atomic E-state index is 0.297. The summed E-state index contributed by atoms with van der Waals surface area (Å²) in [5.41, 5.74) is 1.57. The van der Waals surface area contributed by atoms with Crippen LogP contribution in [0.15, 0.2) is 36.4 Å². The molecule has 0 radical (unpaired) electrons. The van der Waals surface area contributed by atoms with Gasteiger partial charge in [-0.15, -0.1) is 0 Å². The summed E-state index contributed by atoms with van der Waals surface area (Å²) < 4.78 is 0. The fraction of sp³-hybridized carbons (Fsp3) is 0.476. The highest BCUT2D eigenvalue weighted by molar-refractivity contribution is 6.38. The summed E-state index contributed by atoms with van der Waals surface area (Å²) in [4.78, 5) is 37.1. The number of aryl methyl sites for hydroxylation is 1. The lowest BCUT2D eigenvalue weighted by molar-refractivity contribution is -0.138. The average Bonchev–Trinajstić information content (AvgIpc) is 2.65. The number of rotatable bonds is 3. The molecule has 1 aliphatic heterocycles. The SMILES string of the molecule is CCNC(=O)C(=O)[C@@H]1C/C=C/CCCCCCc2ccccc2C(=O)N1. The second-order valence-electron chi connectivity index (χ2n) is 6.57. The summed E-state index contributed by atoms with van der Waals surface area (Å²) in [6.07, 6.45) is 10.5. The van der Waals surface area contributed by atoms with Crippen LogP contribution in [0.2, 0.25) is 0 Å². The van der Waals surface area contributed by atoms with E-state index in [0.29, 0.717) is 18.5 Å². The number of likely N-dealkylation sites (N-methyl/N-ethyl adjacent to an activating group) is 1. The van der Waals surface area contributed by atoms with Crippen LogP contribution in [0.4, 0.5) is 0 Å². The van der Waals surface area contributed by atoms with E-state index in [2.05, 4.69) is 10.6 Å². The van der Waals surface area contributed by atoms with E-state index in [4.69, 9.17) is 0 Å². The van der Waals surface area contributed by atoms with Crippen molar-refractivity contribution in [1.29, 1.82) is 0 Å². The van der Waals surface area contributed by atoms with Gasteiger partial charge in [-0.25, -0.2) is 0 Å². The van der Waals surface area contributed by atoms with Crippen molar-refractivity contribution in [3.63, 3.8) is 0 Å². The van der Waals surface area contributed by atoms with Crippen LogP contribution in [0.5, 0.6) is 0 Å². The van der Waals surface area contributed by atoms with Gasteiger partial charge >= 0.3 is 0 Å². The second-order valence-corrected chi connectivity index (χ2v) is 6.57. The van der Waals surface area contributed by atoms with Crippen molar-refractivity contribution in [3.05, 3.63) is 47.5 Å². The van der Waals surface area contributed by atoms with Crippen molar-refractivity contribution in [2.45, 2.75) is 57.9 Å². The molecule has 1 atom stereocenters. The van der Waals surface area contributed by atoms with Crippen molar-refractivity contribution in [2.75, 3.05) is 6.54 Å². The van der Waals surface area contributed by atoms with Gasteiger partial charge in [0.2, 0.25) is 5.78 Å². The number of hydrogen-bond acceptors (Lipinski definition) is 3. The summed E-state index contributed by atoms with van der Waals surface area (Å²) >= 11 is 0. The zero-order valence-corrected chi connectivity index (χ0v) is 15.4. The Bertz CT molecular complexity index is 667. The normalized spacial score (nSPS) is 20.2. The molecule has 2 N–H and O–H groups in total. The third kappa shape index (κ3) is 5.83. The van der Waals surface area contributed by atoms with Gasteiger partial charge in [0.25, 0.3) is 11.8 Å². The average molecular weight is 356 g/mol. The third-order valence-corrected chi connectivity index (χ3v) is 4.55. The Morgan fingerprint density at radius 1 is 1.12 bits per heavy atom. The van der Waals surface area contributed by atoms with E-state index in [1.807, 2.05) is 30.4 Å². The van der Waals surface area contributed by atoms with E-state index in [-0.39, 0.29) is 5.91 Å². The number of fused-ring (bicyclic) bond motifs is 1. The highest BCUT2D eigenvalue weighted by atomic mass is 16.2. The van der Waals surface area contributed by atoms with Gasteiger partial charge in [-0.1, -0.05) is 43.2 Å². The third-order valence-electron chi connectivity index (χ3n) is 4.55. The monoisotopic (exact) mass is 356 g/mol. The van der Waals surface area contributed by atoms with Crippen molar-refractivity contribution < 1.29 is 14.4 Å². The van der Waals surface area contributed by atoms with Gasteiger partial charge in [-0.3, -0.25) is 14.4 Å². The molecule has 140 valence electrons. The first kappa shape index (κ1) is 19.9. The van der Waals surface area contributed by atoms with Gasteiger partial charge in [0.15, 0.2) is 0 Å². The van der Waals surface area contributed by atoms with Crippen molar-refractivity contribution in [3.8, 4) is 0 Å². The van der Waals surface area contributed by atoms with Gasteiger partial charge < -0.3 is 10.6 Å². The first-order valence-electron chi connectivity index (χ1n) is 9.49. The Morgan fingerprint density at radius 2 is 1.88 bits per heavy atom. The maximum atomic E-state index is 12.8. The lowest BCUT2D eigenvalue weighted by Gasteiger charge is -2.17. The Morgan fingerprint density at radius 3 is 2.69 bits per heavy atom. The van der Waals surface area contributed by atoms with Crippen molar-refractivity contribution >= 4 is 17.6 Å². The van der Waals surface area contributed by atoms with Gasteiger partial charge in [-0.05, 0) is 50.7 Å². The van der Waals surface area contributed by atoms with E-state index in [1.165, 1.54) is 0 Å². The van der Waals surface area contributed by atoms with Gasteiger partial charge in [0, 0.05) is 12.1 Å². The number of Topliss-reactive ketones (excluding diaryl/α,β-unsaturated/α-hetero) is 1. The number of carbonyl (C=O) groups excluding carboxylic acids is 3. The molecule has 2 rings (SSSR count). The number of nitrogens with one attached hydrogen (secondary N) is 2. The summed E-state index contributed by atoms with van der Waals surface area (Å²) in [7, 11) is 0. The van der Waals surface area contributed by atoms with Gasteiger partial charge in [0.05, 0.1) is 0 Å². The summed E-state index contributed by atoms with van der Waals surface area (Å²) in [5, 5.41) is 5.28. The van der Waals surface area contributed by atoms with Crippen LogP contribution in [0.3, 0.4) is 0 Å². The summed E-state index contributed by atoms with van der Waals surface area (Å²) in [5.74, 6) is -1.55. The number of carbonyl (C=O) groups is 3. The van der Waals surface area contributed by atoms with Crippen LogP contribution in [-0.2, 0) is 16.0 Å². The number of allylic oxidation sites excluding steroid dienone is 1. The lowest BCUT2D eigenvalue weighted by Crippen LogP contribution is -2.47. The first-order valence-corrected chi connectivity index (χ1v) is 9.49. The minimum Gasteiger partial charge on any atom is -0.350 e. The second kappa shape index (κ2) is 10.5. The summed E-state index contributed by atoms with van der Waals surface area (Å²) in [6.45, 7) is 2.14. The zero-order valence-electron chi connectivity index (χ0n) is 15.4. The van der Waals surface area contributed by atoms with Crippen LogP contribution < -0.4 is 10.6 Å². The maximum absolute atomic E-state index is 12.8. The Balaban J connectivity index is 2.23. The lowest BCUT2D eigenvalue weighted by atomic mass is 9.98. The van der Waals surface area contributed by atoms with E-state index < -0.39 is 17.7 Å². The molecule has 0 fully saturated rings. The molecule has 0 aromatic heterocycles. The van der Waals surface area contributed by atoms with Crippen LogP contribution in [0, 0.1) is 0 Å². The molecule has 1 aromatic rings. The molecule has 0 unspecified atom stereocenters. The summed E-state index contributed by atoms with van der Waals surface area (Å²) in [6, 6.07) is 6.64. The Labute approximate surface area is 155 Å². The quantitative estimate of drug-likeness (QED) is 0.646. The highest BCUT2D eigenvalue weighted by Crippen LogP contribution is 2.15. The smallest absolute Gasteiger partial charge is 0.289 e. The molecule has 1 heterocycles. The fourth-order valence-corrected chi connectivity index (χ4v) is 3.11. The number of amides is 2. The molecule has 0 saturated carbocycles. The molecule has 2 amide bonds. The fourth-order valence-electron chi connectivity index (χ4n) is 3.11. The zero-order chi connectivity index (χ0) is 18.8. The minimum atomic E-state index is -0.846. The van der Waals surface area contributed by atoms with E-state index >= 15 is 0 Å².